The van der Waals surface area contributed by atoms with Gasteiger partial charge in [0.2, 0.25) is 0 Å². The summed E-state index contributed by atoms with van der Waals surface area (Å²) in [6, 6.07) is 24.1. The maximum absolute atomic E-state index is 13.6. The molecule has 0 aliphatic carbocycles. The summed E-state index contributed by atoms with van der Waals surface area (Å²) in [4.78, 5) is 19.2. The topological polar surface area (TPSA) is 45.3 Å². The molecule has 1 N–H and O–H groups in total. The highest BCUT2D eigenvalue weighted by atomic mass is 16.5. The SMILES string of the molecule is COc1cccc(C(=O)N2CCc3c([nH]c4ccccc34)[C@H]2c2ccc(C)cc2)c1. The van der Waals surface area contributed by atoms with Gasteiger partial charge in [0, 0.05) is 28.7 Å². The van der Waals surface area contributed by atoms with Crippen LogP contribution in [-0.2, 0) is 6.42 Å². The van der Waals surface area contributed by atoms with Crippen LogP contribution in [-0.4, -0.2) is 29.4 Å². The quantitative estimate of drug-likeness (QED) is 0.513. The van der Waals surface area contributed by atoms with Gasteiger partial charge in [0.25, 0.3) is 5.91 Å². The molecule has 0 saturated carbocycles. The van der Waals surface area contributed by atoms with Crippen molar-refractivity contribution in [2.45, 2.75) is 19.4 Å². The minimum absolute atomic E-state index is 0.0174. The van der Waals surface area contributed by atoms with Crippen LogP contribution in [0.4, 0.5) is 0 Å². The van der Waals surface area contributed by atoms with E-state index >= 15 is 0 Å². The Labute approximate surface area is 176 Å². The number of aromatic amines is 1. The Kier molecular flexibility index (Phi) is 4.55. The minimum Gasteiger partial charge on any atom is -0.497 e. The van der Waals surface area contributed by atoms with Crippen molar-refractivity contribution in [3.63, 3.8) is 0 Å². The molecule has 4 aromatic rings. The molecular formula is C26H24N2O2. The number of nitrogens with zero attached hydrogens (tertiary/aromatic N) is 1. The van der Waals surface area contributed by atoms with E-state index in [0.717, 1.165) is 23.2 Å². The molecule has 0 bridgehead atoms. The Morgan fingerprint density at radius 2 is 1.83 bits per heavy atom. The van der Waals surface area contributed by atoms with Gasteiger partial charge in [0.15, 0.2) is 0 Å². The van der Waals surface area contributed by atoms with Crippen LogP contribution in [0, 0.1) is 6.92 Å². The number of para-hydroxylation sites is 1. The lowest BCUT2D eigenvalue weighted by Crippen LogP contribution is -2.40. The van der Waals surface area contributed by atoms with E-state index in [4.69, 9.17) is 4.74 Å². The summed E-state index contributed by atoms with van der Waals surface area (Å²) in [5, 5.41) is 1.25. The highest BCUT2D eigenvalue weighted by molar-refractivity contribution is 5.96. The molecule has 1 amide bonds. The van der Waals surface area contributed by atoms with Crippen molar-refractivity contribution in [1.82, 2.24) is 9.88 Å². The molecule has 0 spiro atoms. The van der Waals surface area contributed by atoms with E-state index in [0.29, 0.717) is 17.9 Å². The van der Waals surface area contributed by atoms with Crippen LogP contribution in [0.3, 0.4) is 0 Å². The lowest BCUT2D eigenvalue weighted by molar-refractivity contribution is 0.0691. The van der Waals surface area contributed by atoms with Crippen LogP contribution in [0.25, 0.3) is 10.9 Å². The van der Waals surface area contributed by atoms with Gasteiger partial charge in [-0.05, 0) is 48.7 Å². The van der Waals surface area contributed by atoms with Gasteiger partial charge in [-0.3, -0.25) is 4.79 Å². The van der Waals surface area contributed by atoms with Crippen molar-refractivity contribution in [3.05, 3.63) is 101 Å². The van der Waals surface area contributed by atoms with E-state index in [1.165, 1.54) is 16.5 Å². The van der Waals surface area contributed by atoms with Gasteiger partial charge in [0.05, 0.1) is 13.2 Å². The molecule has 3 aromatic carbocycles. The van der Waals surface area contributed by atoms with Crippen LogP contribution in [0.1, 0.15) is 38.8 Å². The summed E-state index contributed by atoms with van der Waals surface area (Å²) in [5.41, 5.74) is 6.51. The van der Waals surface area contributed by atoms with Gasteiger partial charge in [-0.15, -0.1) is 0 Å². The number of benzene rings is 3. The zero-order valence-electron chi connectivity index (χ0n) is 17.2. The maximum Gasteiger partial charge on any atom is 0.254 e. The van der Waals surface area contributed by atoms with Gasteiger partial charge in [-0.1, -0.05) is 54.1 Å². The summed E-state index contributed by atoms with van der Waals surface area (Å²) in [6.07, 6.45) is 0.831. The first-order valence-electron chi connectivity index (χ1n) is 10.3. The van der Waals surface area contributed by atoms with Crippen molar-refractivity contribution in [3.8, 4) is 5.75 Å². The highest BCUT2D eigenvalue weighted by Gasteiger charge is 2.35. The lowest BCUT2D eigenvalue weighted by Gasteiger charge is -2.36. The molecule has 1 aliphatic rings. The summed E-state index contributed by atoms with van der Waals surface area (Å²) >= 11 is 0. The number of hydrogen-bond acceptors (Lipinski definition) is 2. The number of amides is 1. The van der Waals surface area contributed by atoms with Gasteiger partial charge >= 0.3 is 0 Å². The number of hydrogen-bond donors (Lipinski definition) is 1. The van der Waals surface area contributed by atoms with E-state index < -0.39 is 0 Å². The molecule has 1 atom stereocenters. The van der Waals surface area contributed by atoms with E-state index in [1.807, 2.05) is 35.2 Å². The standard InChI is InChI=1S/C26H24N2O2/c1-17-10-12-18(13-11-17)25-24-22(21-8-3-4-9-23(21)27-24)14-15-28(25)26(29)19-6-5-7-20(16-19)30-2/h3-13,16,25,27H,14-15H2,1-2H3/t25-/m1/s1. The molecule has 0 saturated heterocycles. The maximum atomic E-state index is 13.6. The number of ether oxygens (including phenoxy) is 1. The molecule has 4 heteroatoms. The molecule has 0 radical (unpaired) electrons. The number of carbonyl (C=O) groups excluding carboxylic acids is 1. The summed E-state index contributed by atoms with van der Waals surface area (Å²) in [7, 11) is 1.62. The van der Waals surface area contributed by atoms with Gasteiger partial charge in [-0.2, -0.15) is 0 Å². The Bertz CT molecular complexity index is 1220. The fourth-order valence-electron chi connectivity index (χ4n) is 4.48. The average molecular weight is 396 g/mol. The Morgan fingerprint density at radius 3 is 2.63 bits per heavy atom. The molecular weight excluding hydrogens is 372 g/mol. The van der Waals surface area contributed by atoms with Gasteiger partial charge in [0.1, 0.15) is 5.75 Å². The predicted molar refractivity (Wildman–Crippen MR) is 119 cm³/mol. The zero-order valence-corrected chi connectivity index (χ0v) is 17.2. The largest absolute Gasteiger partial charge is 0.497 e. The van der Waals surface area contributed by atoms with Crippen LogP contribution >= 0.6 is 0 Å². The Balaban J connectivity index is 1.64. The van der Waals surface area contributed by atoms with E-state index in [9.17, 15) is 4.79 Å². The third kappa shape index (κ3) is 3.05. The predicted octanol–water partition coefficient (Wildman–Crippen LogP) is 5.27. The first kappa shape index (κ1) is 18.5. The summed E-state index contributed by atoms with van der Waals surface area (Å²) in [5.74, 6) is 0.708. The smallest absolute Gasteiger partial charge is 0.254 e. The number of fused-ring (bicyclic) bond motifs is 3. The Hall–Kier alpha value is -3.53. The van der Waals surface area contributed by atoms with E-state index in [1.54, 1.807) is 7.11 Å². The second kappa shape index (κ2) is 7.38. The second-order valence-electron chi connectivity index (χ2n) is 7.86. The highest BCUT2D eigenvalue weighted by Crippen LogP contribution is 2.39. The molecule has 0 unspecified atom stereocenters. The molecule has 150 valence electrons. The first-order chi connectivity index (χ1) is 14.7. The van der Waals surface area contributed by atoms with Crippen LogP contribution in [0.2, 0.25) is 0 Å². The minimum atomic E-state index is -0.152. The number of carbonyl (C=O) groups is 1. The summed E-state index contributed by atoms with van der Waals surface area (Å²) in [6.45, 7) is 2.75. The number of rotatable bonds is 3. The second-order valence-corrected chi connectivity index (χ2v) is 7.86. The van der Waals surface area contributed by atoms with Crippen molar-refractivity contribution in [2.24, 2.45) is 0 Å². The fraction of sp³-hybridized carbons (Fsp3) is 0.192. The molecule has 4 nitrogen and oxygen atoms in total. The number of methoxy groups -OCH3 is 1. The summed E-state index contributed by atoms with van der Waals surface area (Å²) < 4.78 is 5.34. The number of aromatic nitrogens is 1. The molecule has 1 aromatic heterocycles. The van der Waals surface area contributed by atoms with Crippen molar-refractivity contribution in [2.75, 3.05) is 13.7 Å². The fourth-order valence-corrected chi connectivity index (χ4v) is 4.48. The van der Waals surface area contributed by atoms with Crippen molar-refractivity contribution in [1.29, 1.82) is 0 Å². The van der Waals surface area contributed by atoms with Gasteiger partial charge < -0.3 is 14.6 Å². The zero-order chi connectivity index (χ0) is 20.7. The number of aryl methyl sites for hydroxylation is 1. The number of H-pyrrole nitrogens is 1. The van der Waals surface area contributed by atoms with Gasteiger partial charge in [-0.25, -0.2) is 0 Å². The average Bonchev–Trinajstić information content (AvgIpc) is 3.17. The van der Waals surface area contributed by atoms with E-state index in [-0.39, 0.29) is 11.9 Å². The molecule has 2 heterocycles. The number of nitrogens with one attached hydrogen (secondary N) is 1. The molecule has 30 heavy (non-hydrogen) atoms. The van der Waals surface area contributed by atoms with Crippen LogP contribution in [0.15, 0.2) is 72.8 Å². The van der Waals surface area contributed by atoms with E-state index in [2.05, 4.69) is 54.4 Å². The molecule has 1 aliphatic heterocycles. The third-order valence-corrected chi connectivity index (χ3v) is 6.01. The lowest BCUT2D eigenvalue weighted by atomic mass is 9.91. The van der Waals surface area contributed by atoms with Crippen LogP contribution in [0.5, 0.6) is 5.75 Å². The third-order valence-electron chi connectivity index (χ3n) is 6.01. The monoisotopic (exact) mass is 396 g/mol. The Morgan fingerprint density at radius 1 is 1.03 bits per heavy atom. The van der Waals surface area contributed by atoms with Crippen molar-refractivity contribution >= 4 is 16.8 Å². The normalized spacial score (nSPS) is 15.8. The van der Waals surface area contributed by atoms with Crippen molar-refractivity contribution < 1.29 is 9.53 Å². The first-order valence-corrected chi connectivity index (χ1v) is 10.3. The molecule has 0 fully saturated rings. The van der Waals surface area contributed by atoms with Crippen LogP contribution < -0.4 is 4.74 Å². The molecule has 5 rings (SSSR count).